The lowest BCUT2D eigenvalue weighted by atomic mass is 10.1. The number of hydrogen-bond donors (Lipinski definition) is 2. The average molecular weight is 326 g/mol. The fourth-order valence-electron chi connectivity index (χ4n) is 2.13. The molecule has 0 spiro atoms. The Bertz CT molecular complexity index is 448. The van der Waals surface area contributed by atoms with Gasteiger partial charge in [-0.05, 0) is 31.5 Å². The Balaban J connectivity index is 1.99. The minimum atomic E-state index is 0.0422. The van der Waals surface area contributed by atoms with Crippen LogP contribution in [0.25, 0.3) is 0 Å². The van der Waals surface area contributed by atoms with Crippen molar-refractivity contribution in [3.05, 3.63) is 34.3 Å². The largest absolute Gasteiger partial charge is 0.352 e. The molecule has 1 unspecified atom stereocenters. The average Bonchev–Trinajstić information content (AvgIpc) is 3.16. The number of amides is 1. The van der Waals surface area contributed by atoms with Crippen LogP contribution in [-0.2, 0) is 4.79 Å². The summed E-state index contributed by atoms with van der Waals surface area (Å²) in [4.78, 5) is 13.8. The van der Waals surface area contributed by atoms with Crippen molar-refractivity contribution in [2.75, 3.05) is 20.1 Å². The zero-order chi connectivity index (χ0) is 13.8. The zero-order valence-corrected chi connectivity index (χ0v) is 12.7. The van der Waals surface area contributed by atoms with Crippen LogP contribution in [0.1, 0.15) is 24.4 Å². The summed E-state index contributed by atoms with van der Waals surface area (Å²) >= 11 is 3.54. The number of halogens is 1. The highest BCUT2D eigenvalue weighted by molar-refractivity contribution is 9.10. The third-order valence-corrected chi connectivity index (χ3v) is 4.08. The van der Waals surface area contributed by atoms with E-state index in [0.717, 1.165) is 22.9 Å². The quantitative estimate of drug-likeness (QED) is 0.836. The predicted molar refractivity (Wildman–Crippen MR) is 79.7 cm³/mol. The molecular weight excluding hydrogens is 306 g/mol. The summed E-state index contributed by atoms with van der Waals surface area (Å²) in [7, 11) is 1.93. The minimum Gasteiger partial charge on any atom is -0.352 e. The van der Waals surface area contributed by atoms with Gasteiger partial charge in [-0.25, -0.2) is 0 Å². The number of nitrogens with zero attached hydrogens (tertiary/aromatic N) is 1. The maximum atomic E-state index is 11.8. The third kappa shape index (κ3) is 4.03. The lowest BCUT2D eigenvalue weighted by Gasteiger charge is -2.27. The van der Waals surface area contributed by atoms with Crippen molar-refractivity contribution in [2.24, 2.45) is 5.73 Å². The number of carbonyl (C=O) groups is 1. The number of nitrogens with two attached hydrogens (primary N) is 1. The van der Waals surface area contributed by atoms with Gasteiger partial charge in [0.15, 0.2) is 0 Å². The highest BCUT2D eigenvalue weighted by Crippen LogP contribution is 2.26. The summed E-state index contributed by atoms with van der Waals surface area (Å²) in [5.41, 5.74) is 6.99. The van der Waals surface area contributed by atoms with Gasteiger partial charge in [0, 0.05) is 23.1 Å². The molecule has 0 saturated heterocycles. The fourth-order valence-corrected chi connectivity index (χ4v) is 2.68. The van der Waals surface area contributed by atoms with E-state index in [2.05, 4.69) is 21.2 Å². The van der Waals surface area contributed by atoms with Crippen LogP contribution in [0.3, 0.4) is 0 Å². The van der Waals surface area contributed by atoms with Crippen molar-refractivity contribution < 1.29 is 4.79 Å². The lowest BCUT2D eigenvalue weighted by Crippen LogP contribution is -2.40. The molecule has 0 aliphatic heterocycles. The smallest absolute Gasteiger partial charge is 0.234 e. The van der Waals surface area contributed by atoms with Gasteiger partial charge in [0.2, 0.25) is 5.91 Å². The second-order valence-electron chi connectivity index (χ2n) is 5.03. The van der Waals surface area contributed by atoms with Crippen LogP contribution in [0.4, 0.5) is 0 Å². The highest BCUT2D eigenvalue weighted by Gasteiger charge is 2.25. The maximum absolute atomic E-state index is 11.8. The van der Waals surface area contributed by atoms with Crippen LogP contribution in [0.5, 0.6) is 0 Å². The Kier molecular flexibility index (Phi) is 4.96. The molecule has 104 valence electrons. The predicted octanol–water partition coefficient (Wildman–Crippen LogP) is 1.66. The van der Waals surface area contributed by atoms with Crippen molar-refractivity contribution in [3.8, 4) is 0 Å². The number of rotatable bonds is 6. The second-order valence-corrected chi connectivity index (χ2v) is 5.88. The first kappa shape index (κ1) is 14.5. The Labute approximate surface area is 122 Å². The first-order valence-electron chi connectivity index (χ1n) is 6.56. The van der Waals surface area contributed by atoms with Crippen molar-refractivity contribution >= 4 is 21.8 Å². The molecule has 1 atom stereocenters. The number of hydrogen-bond acceptors (Lipinski definition) is 3. The van der Waals surface area contributed by atoms with Crippen LogP contribution in [0.2, 0.25) is 0 Å². The first-order valence-corrected chi connectivity index (χ1v) is 7.35. The van der Waals surface area contributed by atoms with Gasteiger partial charge in [-0.3, -0.25) is 9.69 Å². The number of carbonyl (C=O) groups excluding carboxylic acids is 1. The summed E-state index contributed by atoms with van der Waals surface area (Å²) in [5, 5.41) is 3.00. The molecule has 1 aromatic carbocycles. The van der Waals surface area contributed by atoms with Gasteiger partial charge >= 0.3 is 0 Å². The standard InChI is InChI=1S/C14H20BrN3O/c1-18(9-14(19)17-10-6-7-10)13(8-16)11-4-2-3-5-12(11)15/h2-5,10,13H,6-9,16H2,1H3,(H,17,19). The van der Waals surface area contributed by atoms with Gasteiger partial charge in [0.1, 0.15) is 0 Å². The topological polar surface area (TPSA) is 58.4 Å². The lowest BCUT2D eigenvalue weighted by molar-refractivity contribution is -0.122. The molecule has 2 rings (SSSR count). The van der Waals surface area contributed by atoms with E-state index in [0.29, 0.717) is 19.1 Å². The molecule has 19 heavy (non-hydrogen) atoms. The van der Waals surface area contributed by atoms with Crippen LogP contribution >= 0.6 is 15.9 Å². The fraction of sp³-hybridized carbons (Fsp3) is 0.500. The Morgan fingerprint density at radius 1 is 1.53 bits per heavy atom. The number of likely N-dealkylation sites (N-methyl/N-ethyl adjacent to an activating group) is 1. The molecule has 0 bridgehead atoms. The molecule has 1 fully saturated rings. The molecule has 5 heteroatoms. The van der Waals surface area contributed by atoms with E-state index in [-0.39, 0.29) is 11.9 Å². The monoisotopic (exact) mass is 325 g/mol. The summed E-state index contributed by atoms with van der Waals surface area (Å²) in [5.74, 6) is 0.0792. The summed E-state index contributed by atoms with van der Waals surface area (Å²) in [6, 6.07) is 8.44. The van der Waals surface area contributed by atoms with E-state index in [1.165, 1.54) is 0 Å². The minimum absolute atomic E-state index is 0.0422. The Hall–Kier alpha value is -0.910. The van der Waals surface area contributed by atoms with Crippen molar-refractivity contribution in [2.45, 2.75) is 24.9 Å². The van der Waals surface area contributed by atoms with Crippen LogP contribution in [-0.4, -0.2) is 37.0 Å². The molecule has 1 aliphatic carbocycles. The van der Waals surface area contributed by atoms with E-state index in [1.54, 1.807) is 0 Å². The van der Waals surface area contributed by atoms with Gasteiger partial charge in [-0.1, -0.05) is 34.1 Å². The normalized spacial score (nSPS) is 16.4. The summed E-state index contributed by atoms with van der Waals surface area (Å²) < 4.78 is 1.03. The molecule has 0 heterocycles. The molecule has 0 aromatic heterocycles. The molecule has 1 saturated carbocycles. The van der Waals surface area contributed by atoms with E-state index >= 15 is 0 Å². The molecule has 0 radical (unpaired) electrons. The first-order chi connectivity index (χ1) is 9.11. The van der Waals surface area contributed by atoms with Gasteiger partial charge in [-0.15, -0.1) is 0 Å². The van der Waals surface area contributed by atoms with Crippen molar-refractivity contribution in [1.82, 2.24) is 10.2 Å². The second kappa shape index (κ2) is 6.50. The van der Waals surface area contributed by atoms with E-state index in [9.17, 15) is 4.79 Å². The van der Waals surface area contributed by atoms with E-state index in [4.69, 9.17) is 5.73 Å². The summed E-state index contributed by atoms with van der Waals surface area (Å²) in [6.45, 7) is 0.857. The Morgan fingerprint density at radius 2 is 2.21 bits per heavy atom. The third-order valence-electron chi connectivity index (χ3n) is 3.36. The molecule has 1 amide bonds. The van der Waals surface area contributed by atoms with E-state index < -0.39 is 0 Å². The van der Waals surface area contributed by atoms with Gasteiger partial charge in [0.05, 0.1) is 6.54 Å². The van der Waals surface area contributed by atoms with Crippen LogP contribution in [0, 0.1) is 0 Å². The van der Waals surface area contributed by atoms with Gasteiger partial charge < -0.3 is 11.1 Å². The molecule has 4 nitrogen and oxygen atoms in total. The maximum Gasteiger partial charge on any atom is 0.234 e. The molecule has 1 aromatic rings. The van der Waals surface area contributed by atoms with Crippen LogP contribution < -0.4 is 11.1 Å². The molecule has 1 aliphatic rings. The zero-order valence-electron chi connectivity index (χ0n) is 11.1. The molecular formula is C14H20BrN3O. The Morgan fingerprint density at radius 3 is 2.79 bits per heavy atom. The highest BCUT2D eigenvalue weighted by atomic mass is 79.9. The number of benzene rings is 1. The number of nitrogens with one attached hydrogen (secondary N) is 1. The molecule has 3 N–H and O–H groups in total. The van der Waals surface area contributed by atoms with Crippen LogP contribution in [0.15, 0.2) is 28.7 Å². The SMILES string of the molecule is CN(CC(=O)NC1CC1)C(CN)c1ccccc1Br. The van der Waals surface area contributed by atoms with Crippen molar-refractivity contribution in [1.29, 1.82) is 0 Å². The summed E-state index contributed by atoms with van der Waals surface area (Å²) in [6.07, 6.45) is 2.22. The van der Waals surface area contributed by atoms with Gasteiger partial charge in [-0.2, -0.15) is 0 Å². The van der Waals surface area contributed by atoms with Crippen molar-refractivity contribution in [3.63, 3.8) is 0 Å². The van der Waals surface area contributed by atoms with Gasteiger partial charge in [0.25, 0.3) is 0 Å². The van der Waals surface area contributed by atoms with E-state index in [1.807, 2.05) is 36.2 Å².